The van der Waals surface area contributed by atoms with Gasteiger partial charge in [-0.25, -0.2) is 0 Å². The van der Waals surface area contributed by atoms with E-state index in [9.17, 15) is 9.59 Å². The van der Waals surface area contributed by atoms with E-state index in [0.29, 0.717) is 16.8 Å². The van der Waals surface area contributed by atoms with Crippen LogP contribution in [0.15, 0.2) is 67.3 Å². The van der Waals surface area contributed by atoms with E-state index >= 15 is 0 Å². The third-order valence-corrected chi connectivity index (χ3v) is 6.23. The molecular formula is C27H24N4O2. The molecule has 0 aliphatic carbocycles. The van der Waals surface area contributed by atoms with Gasteiger partial charge in [-0.1, -0.05) is 43.8 Å². The van der Waals surface area contributed by atoms with Crippen molar-refractivity contribution < 1.29 is 9.59 Å². The lowest BCUT2D eigenvalue weighted by molar-refractivity contribution is -0.111. The van der Waals surface area contributed by atoms with E-state index in [1.807, 2.05) is 43.3 Å². The number of hydrogen-bond acceptors (Lipinski definition) is 4. The molecule has 33 heavy (non-hydrogen) atoms. The van der Waals surface area contributed by atoms with Gasteiger partial charge < -0.3 is 16.4 Å². The second kappa shape index (κ2) is 8.64. The van der Waals surface area contributed by atoms with Gasteiger partial charge in [0.05, 0.1) is 28.9 Å². The maximum Gasteiger partial charge on any atom is 0.250 e. The molecule has 0 bridgehead atoms. The van der Waals surface area contributed by atoms with Crippen molar-refractivity contribution in [3.8, 4) is 17.2 Å². The van der Waals surface area contributed by atoms with Gasteiger partial charge in [-0.05, 0) is 65.1 Å². The minimum Gasteiger partial charge on any atom is -0.377 e. The molecular weight excluding hydrogens is 412 g/mol. The molecule has 3 aromatic rings. The largest absolute Gasteiger partial charge is 0.377 e. The van der Waals surface area contributed by atoms with Gasteiger partial charge in [-0.3, -0.25) is 9.59 Å². The molecule has 164 valence electrons. The standard InChI is InChI=1S/C27H24N4O2/c1-4-23(32)30-22-7-5-6-19(15(22)2)20-12-13-21(27(29)33)26-24(20)16(3)25(31-26)18-10-8-17(14-28)9-11-18/h4-13,16,25,31H,1H2,2-3H3,(H2,29,33)(H,30,32). The number of hydrogen-bond donors (Lipinski definition) is 3. The van der Waals surface area contributed by atoms with Crippen LogP contribution in [0.4, 0.5) is 11.4 Å². The topological polar surface area (TPSA) is 108 Å². The third-order valence-electron chi connectivity index (χ3n) is 6.23. The number of carbonyl (C=O) groups is 2. The number of anilines is 2. The van der Waals surface area contributed by atoms with Crippen molar-refractivity contribution in [2.45, 2.75) is 25.8 Å². The number of benzene rings is 3. The second-order valence-corrected chi connectivity index (χ2v) is 8.13. The fourth-order valence-electron chi connectivity index (χ4n) is 4.52. The summed E-state index contributed by atoms with van der Waals surface area (Å²) in [5, 5.41) is 15.5. The zero-order valence-electron chi connectivity index (χ0n) is 18.5. The van der Waals surface area contributed by atoms with Crippen LogP contribution in [0.2, 0.25) is 0 Å². The molecule has 6 heteroatoms. The van der Waals surface area contributed by atoms with Crippen molar-refractivity contribution in [2.75, 3.05) is 10.6 Å². The van der Waals surface area contributed by atoms with Crippen LogP contribution in [0.25, 0.3) is 11.1 Å². The Morgan fingerprint density at radius 1 is 1.12 bits per heavy atom. The second-order valence-electron chi connectivity index (χ2n) is 8.13. The minimum atomic E-state index is -0.498. The Morgan fingerprint density at radius 3 is 2.48 bits per heavy atom. The molecule has 4 rings (SSSR count). The summed E-state index contributed by atoms with van der Waals surface area (Å²) in [6, 6.07) is 18.9. The van der Waals surface area contributed by atoms with Crippen LogP contribution in [0.3, 0.4) is 0 Å². The predicted molar refractivity (Wildman–Crippen MR) is 130 cm³/mol. The zero-order valence-corrected chi connectivity index (χ0v) is 18.5. The minimum absolute atomic E-state index is 0.0214. The first-order valence-electron chi connectivity index (χ1n) is 10.6. The highest BCUT2D eigenvalue weighted by atomic mass is 16.1. The Bertz CT molecular complexity index is 1320. The quantitative estimate of drug-likeness (QED) is 0.488. The van der Waals surface area contributed by atoms with Gasteiger partial charge in [-0.2, -0.15) is 5.26 Å². The van der Waals surface area contributed by atoms with Crippen molar-refractivity contribution in [3.63, 3.8) is 0 Å². The van der Waals surface area contributed by atoms with E-state index in [1.165, 1.54) is 6.08 Å². The molecule has 0 fully saturated rings. The number of nitriles is 1. The average molecular weight is 437 g/mol. The number of nitrogens with one attached hydrogen (secondary N) is 2. The number of rotatable bonds is 5. The van der Waals surface area contributed by atoms with Gasteiger partial charge in [0.1, 0.15) is 0 Å². The molecule has 1 heterocycles. The summed E-state index contributed by atoms with van der Waals surface area (Å²) in [6.07, 6.45) is 1.24. The third kappa shape index (κ3) is 3.85. The Balaban J connectivity index is 1.85. The lowest BCUT2D eigenvalue weighted by Gasteiger charge is -2.19. The van der Waals surface area contributed by atoms with Crippen molar-refractivity contribution >= 4 is 23.2 Å². The molecule has 0 saturated carbocycles. The normalized spacial score (nSPS) is 16.3. The van der Waals surface area contributed by atoms with Gasteiger partial charge in [0.25, 0.3) is 5.91 Å². The Morgan fingerprint density at radius 2 is 1.85 bits per heavy atom. The van der Waals surface area contributed by atoms with Gasteiger partial charge in [-0.15, -0.1) is 0 Å². The van der Waals surface area contributed by atoms with E-state index < -0.39 is 5.91 Å². The maximum atomic E-state index is 12.2. The van der Waals surface area contributed by atoms with Crippen molar-refractivity contribution in [1.29, 1.82) is 5.26 Å². The Hall–Kier alpha value is -4.37. The summed E-state index contributed by atoms with van der Waals surface area (Å²) in [7, 11) is 0. The SMILES string of the molecule is C=CC(=O)Nc1cccc(-c2ccc(C(N)=O)c3c2C(C)C(c2ccc(C#N)cc2)N3)c1C. The number of nitrogens with two attached hydrogens (primary N) is 1. The van der Waals surface area contributed by atoms with Crippen LogP contribution in [0, 0.1) is 18.3 Å². The number of fused-ring (bicyclic) bond motifs is 1. The van der Waals surface area contributed by atoms with E-state index in [4.69, 9.17) is 11.0 Å². The molecule has 0 saturated heterocycles. The molecule has 4 N–H and O–H groups in total. The lowest BCUT2D eigenvalue weighted by Crippen LogP contribution is -2.14. The Kier molecular flexibility index (Phi) is 5.72. The molecule has 2 amide bonds. The molecule has 6 nitrogen and oxygen atoms in total. The van der Waals surface area contributed by atoms with Gasteiger partial charge in [0.15, 0.2) is 0 Å². The van der Waals surface area contributed by atoms with E-state index in [-0.39, 0.29) is 17.9 Å². The summed E-state index contributed by atoms with van der Waals surface area (Å²) < 4.78 is 0. The number of nitrogens with zero attached hydrogens (tertiary/aromatic N) is 1. The predicted octanol–water partition coefficient (Wildman–Crippen LogP) is 5.03. The fraction of sp³-hybridized carbons (Fsp3) is 0.148. The number of primary amides is 1. The van der Waals surface area contributed by atoms with E-state index in [0.717, 1.165) is 33.5 Å². The monoisotopic (exact) mass is 436 g/mol. The Labute approximate surface area is 192 Å². The molecule has 3 aromatic carbocycles. The van der Waals surface area contributed by atoms with Crippen LogP contribution in [-0.4, -0.2) is 11.8 Å². The molecule has 1 aliphatic rings. The van der Waals surface area contributed by atoms with Crippen LogP contribution in [0.1, 0.15) is 51.5 Å². The van der Waals surface area contributed by atoms with Crippen LogP contribution in [-0.2, 0) is 4.79 Å². The number of carbonyl (C=O) groups excluding carboxylic acids is 2. The molecule has 2 atom stereocenters. The summed E-state index contributed by atoms with van der Waals surface area (Å²) in [5.74, 6) is -0.754. The van der Waals surface area contributed by atoms with Gasteiger partial charge in [0, 0.05) is 11.6 Å². The van der Waals surface area contributed by atoms with Gasteiger partial charge >= 0.3 is 0 Å². The summed E-state index contributed by atoms with van der Waals surface area (Å²) in [5.41, 5.74) is 13.0. The van der Waals surface area contributed by atoms with Crippen LogP contribution >= 0.6 is 0 Å². The highest BCUT2D eigenvalue weighted by Crippen LogP contribution is 2.50. The first-order valence-corrected chi connectivity index (χ1v) is 10.6. The lowest BCUT2D eigenvalue weighted by atomic mass is 9.85. The van der Waals surface area contributed by atoms with Crippen LogP contribution < -0.4 is 16.4 Å². The summed E-state index contributed by atoms with van der Waals surface area (Å²) >= 11 is 0. The van der Waals surface area contributed by atoms with E-state index in [2.05, 4.69) is 30.2 Å². The average Bonchev–Trinajstić information content (AvgIpc) is 3.17. The van der Waals surface area contributed by atoms with E-state index in [1.54, 1.807) is 18.2 Å². The van der Waals surface area contributed by atoms with Crippen molar-refractivity contribution in [3.05, 3.63) is 95.1 Å². The van der Waals surface area contributed by atoms with Crippen molar-refractivity contribution in [1.82, 2.24) is 0 Å². The zero-order chi connectivity index (χ0) is 23.7. The number of amides is 2. The highest BCUT2D eigenvalue weighted by Gasteiger charge is 2.35. The molecule has 0 radical (unpaired) electrons. The maximum absolute atomic E-state index is 12.2. The smallest absolute Gasteiger partial charge is 0.250 e. The van der Waals surface area contributed by atoms with Crippen LogP contribution in [0.5, 0.6) is 0 Å². The fourth-order valence-corrected chi connectivity index (χ4v) is 4.52. The molecule has 0 aromatic heterocycles. The highest BCUT2D eigenvalue weighted by molar-refractivity contribution is 6.03. The summed E-state index contributed by atoms with van der Waals surface area (Å²) in [6.45, 7) is 7.57. The molecule has 0 spiro atoms. The first kappa shape index (κ1) is 21.8. The van der Waals surface area contributed by atoms with Gasteiger partial charge in [0.2, 0.25) is 5.91 Å². The molecule has 2 unspecified atom stereocenters. The molecule has 1 aliphatic heterocycles. The first-order chi connectivity index (χ1) is 15.8. The van der Waals surface area contributed by atoms with Crippen molar-refractivity contribution in [2.24, 2.45) is 5.73 Å². The summed E-state index contributed by atoms with van der Waals surface area (Å²) in [4.78, 5) is 24.1.